The second kappa shape index (κ2) is 6.76. The van der Waals surface area contributed by atoms with Crippen LogP contribution in [0.15, 0.2) is 30.3 Å². The zero-order chi connectivity index (χ0) is 13.9. The van der Waals surface area contributed by atoms with E-state index in [1.165, 1.54) is 5.56 Å². The first-order chi connectivity index (χ1) is 9.78. The number of amides is 1. The summed E-state index contributed by atoms with van der Waals surface area (Å²) in [7, 11) is 0. The van der Waals surface area contributed by atoms with E-state index in [-0.39, 0.29) is 18.5 Å². The maximum Gasteiger partial charge on any atom is 0.409 e. The Morgan fingerprint density at radius 1 is 1.29 bits per heavy atom. The molecule has 0 aliphatic carbocycles. The highest BCUT2D eigenvalue weighted by Gasteiger charge is 2.20. The van der Waals surface area contributed by atoms with E-state index in [9.17, 15) is 4.79 Å². The number of halogens is 1. The van der Waals surface area contributed by atoms with E-state index in [0.29, 0.717) is 19.7 Å². The maximum absolute atomic E-state index is 11.8. The van der Waals surface area contributed by atoms with Gasteiger partial charge in [-0.05, 0) is 31.0 Å². The highest BCUT2D eigenvalue weighted by molar-refractivity contribution is 5.85. The molecule has 1 amide bonds. The first-order valence-corrected chi connectivity index (χ1v) is 7.07. The summed E-state index contributed by atoms with van der Waals surface area (Å²) >= 11 is 0. The molecule has 2 heterocycles. The van der Waals surface area contributed by atoms with E-state index < -0.39 is 0 Å². The number of benzene rings is 1. The summed E-state index contributed by atoms with van der Waals surface area (Å²) in [6.07, 6.45) is 1.41. The Hall–Kier alpha value is -1.81. The summed E-state index contributed by atoms with van der Waals surface area (Å²) in [4.78, 5) is 18.3. The van der Waals surface area contributed by atoms with Gasteiger partial charge in [-0.3, -0.25) is 4.98 Å². The molecule has 0 atom stereocenters. The van der Waals surface area contributed by atoms with E-state index in [1.54, 1.807) is 4.90 Å². The standard InChI is InChI=1S/C16H18N2O2.ClH/c1-2-20-16(19)18-9-7-13-11-12-5-3-4-6-14(12)17-15(13)8-10-18;/h3-6,11H,2,7-10H2,1H3;1H. The fraction of sp³-hybridized carbons (Fsp3) is 0.375. The van der Waals surface area contributed by atoms with Gasteiger partial charge in [0.05, 0.1) is 12.1 Å². The Morgan fingerprint density at radius 3 is 2.86 bits per heavy atom. The lowest BCUT2D eigenvalue weighted by atomic mass is 10.1. The number of para-hydroxylation sites is 1. The summed E-state index contributed by atoms with van der Waals surface area (Å²) in [5.41, 5.74) is 3.38. The van der Waals surface area contributed by atoms with E-state index in [0.717, 1.165) is 29.4 Å². The number of carbonyl (C=O) groups excluding carboxylic acids is 1. The quantitative estimate of drug-likeness (QED) is 0.812. The fourth-order valence-corrected chi connectivity index (χ4v) is 2.64. The number of nitrogens with zero attached hydrogens (tertiary/aromatic N) is 2. The van der Waals surface area contributed by atoms with Crippen LogP contribution in [0, 0.1) is 0 Å². The number of pyridine rings is 1. The van der Waals surface area contributed by atoms with E-state index >= 15 is 0 Å². The third-order valence-corrected chi connectivity index (χ3v) is 3.69. The van der Waals surface area contributed by atoms with Crippen molar-refractivity contribution in [2.75, 3.05) is 19.7 Å². The molecule has 1 aromatic carbocycles. The van der Waals surface area contributed by atoms with E-state index in [1.807, 2.05) is 25.1 Å². The Bertz CT molecular complexity index is 599. The Balaban J connectivity index is 0.00000161. The van der Waals surface area contributed by atoms with Crippen LogP contribution in [-0.4, -0.2) is 35.7 Å². The highest BCUT2D eigenvalue weighted by Crippen LogP contribution is 2.20. The molecule has 2 aromatic rings. The van der Waals surface area contributed by atoms with Crippen LogP contribution in [0.3, 0.4) is 0 Å². The van der Waals surface area contributed by atoms with Crippen LogP contribution < -0.4 is 0 Å². The number of aromatic nitrogens is 1. The largest absolute Gasteiger partial charge is 0.450 e. The summed E-state index contributed by atoms with van der Waals surface area (Å²) in [5.74, 6) is 0. The lowest BCUT2D eigenvalue weighted by Crippen LogP contribution is -2.33. The molecule has 0 fully saturated rings. The predicted octanol–water partition coefficient (Wildman–Crippen LogP) is 3.21. The fourth-order valence-electron chi connectivity index (χ4n) is 2.64. The molecule has 0 unspecified atom stereocenters. The molecular formula is C16H19ClN2O2. The molecule has 5 heteroatoms. The molecule has 0 N–H and O–H groups in total. The van der Waals surface area contributed by atoms with Crippen molar-refractivity contribution >= 4 is 29.4 Å². The second-order valence-corrected chi connectivity index (χ2v) is 4.97. The molecule has 1 aliphatic rings. The van der Waals surface area contributed by atoms with Crippen molar-refractivity contribution in [2.45, 2.75) is 19.8 Å². The molecule has 0 saturated carbocycles. The summed E-state index contributed by atoms with van der Waals surface area (Å²) < 4.78 is 5.08. The minimum Gasteiger partial charge on any atom is -0.450 e. The van der Waals surface area contributed by atoms with Gasteiger partial charge in [0.1, 0.15) is 0 Å². The predicted molar refractivity (Wildman–Crippen MR) is 85.0 cm³/mol. The Morgan fingerprint density at radius 2 is 2.05 bits per heavy atom. The van der Waals surface area contributed by atoms with Gasteiger partial charge in [0.25, 0.3) is 0 Å². The van der Waals surface area contributed by atoms with Crippen LogP contribution in [0.25, 0.3) is 10.9 Å². The van der Waals surface area contributed by atoms with Gasteiger partial charge in [0, 0.05) is 30.6 Å². The third-order valence-electron chi connectivity index (χ3n) is 3.69. The van der Waals surface area contributed by atoms with Gasteiger partial charge in [-0.2, -0.15) is 0 Å². The third kappa shape index (κ3) is 3.27. The monoisotopic (exact) mass is 306 g/mol. The molecule has 0 spiro atoms. The van der Waals surface area contributed by atoms with Gasteiger partial charge in [0.2, 0.25) is 0 Å². The van der Waals surface area contributed by atoms with Crippen molar-refractivity contribution in [3.63, 3.8) is 0 Å². The summed E-state index contributed by atoms with van der Waals surface area (Å²) in [5, 5.41) is 1.16. The normalized spacial score (nSPS) is 14.0. The average Bonchev–Trinajstić information content (AvgIpc) is 2.67. The van der Waals surface area contributed by atoms with Crippen LogP contribution in [0.4, 0.5) is 4.79 Å². The molecule has 0 bridgehead atoms. The molecule has 3 rings (SSSR count). The van der Waals surface area contributed by atoms with Crippen LogP contribution >= 0.6 is 12.4 Å². The van der Waals surface area contributed by atoms with Gasteiger partial charge in [-0.15, -0.1) is 12.4 Å². The minimum atomic E-state index is -0.218. The van der Waals surface area contributed by atoms with Crippen molar-refractivity contribution in [3.05, 3.63) is 41.6 Å². The van der Waals surface area contributed by atoms with Crippen LogP contribution in [0.1, 0.15) is 18.2 Å². The molecule has 0 saturated heterocycles. The van der Waals surface area contributed by atoms with E-state index in [4.69, 9.17) is 9.72 Å². The minimum absolute atomic E-state index is 0. The highest BCUT2D eigenvalue weighted by atomic mass is 35.5. The second-order valence-electron chi connectivity index (χ2n) is 4.97. The van der Waals surface area contributed by atoms with Crippen molar-refractivity contribution in [1.82, 2.24) is 9.88 Å². The number of rotatable bonds is 1. The zero-order valence-corrected chi connectivity index (χ0v) is 12.9. The van der Waals surface area contributed by atoms with Gasteiger partial charge in [-0.25, -0.2) is 4.79 Å². The van der Waals surface area contributed by atoms with Crippen molar-refractivity contribution in [2.24, 2.45) is 0 Å². The Kier molecular flexibility index (Phi) is 5.02. The molecule has 1 aromatic heterocycles. The molecule has 0 radical (unpaired) electrons. The number of hydrogen-bond donors (Lipinski definition) is 0. The summed E-state index contributed by atoms with van der Waals surface area (Å²) in [6.45, 7) is 3.63. The van der Waals surface area contributed by atoms with Gasteiger partial charge < -0.3 is 9.64 Å². The lowest BCUT2D eigenvalue weighted by molar-refractivity contribution is 0.109. The van der Waals surface area contributed by atoms with Crippen molar-refractivity contribution < 1.29 is 9.53 Å². The van der Waals surface area contributed by atoms with Crippen LogP contribution in [0.2, 0.25) is 0 Å². The smallest absolute Gasteiger partial charge is 0.409 e. The average molecular weight is 307 g/mol. The first-order valence-electron chi connectivity index (χ1n) is 7.07. The topological polar surface area (TPSA) is 42.4 Å². The molecule has 1 aliphatic heterocycles. The lowest BCUT2D eigenvalue weighted by Gasteiger charge is -2.18. The van der Waals surface area contributed by atoms with Crippen molar-refractivity contribution in [1.29, 1.82) is 0 Å². The Labute approximate surface area is 130 Å². The van der Waals surface area contributed by atoms with Gasteiger partial charge >= 0.3 is 6.09 Å². The maximum atomic E-state index is 11.8. The first kappa shape index (κ1) is 15.6. The van der Waals surface area contributed by atoms with Crippen molar-refractivity contribution in [3.8, 4) is 0 Å². The number of carbonyl (C=O) groups is 1. The molecular weight excluding hydrogens is 288 g/mol. The SMILES string of the molecule is CCOC(=O)N1CCc2cc3ccccc3nc2CC1.Cl. The molecule has 112 valence electrons. The zero-order valence-electron chi connectivity index (χ0n) is 12.0. The molecule has 4 nitrogen and oxygen atoms in total. The van der Waals surface area contributed by atoms with Gasteiger partial charge in [-0.1, -0.05) is 18.2 Å². The number of ether oxygens (including phenoxy) is 1. The van der Waals surface area contributed by atoms with E-state index in [2.05, 4.69) is 12.1 Å². The molecule has 21 heavy (non-hydrogen) atoms. The van der Waals surface area contributed by atoms with Crippen LogP contribution in [-0.2, 0) is 17.6 Å². The number of fused-ring (bicyclic) bond motifs is 2. The van der Waals surface area contributed by atoms with Gasteiger partial charge in [0.15, 0.2) is 0 Å². The number of hydrogen-bond acceptors (Lipinski definition) is 3. The summed E-state index contributed by atoms with van der Waals surface area (Å²) in [6, 6.07) is 10.3. The van der Waals surface area contributed by atoms with Crippen LogP contribution in [0.5, 0.6) is 0 Å².